The van der Waals surface area contributed by atoms with Crippen LogP contribution in [0.5, 0.6) is 0 Å². The largest absolute Gasteiger partial charge is 0.481 e. The highest BCUT2D eigenvalue weighted by molar-refractivity contribution is 5.98. The molecule has 2 atom stereocenters. The average molecular weight is 449 g/mol. The Morgan fingerprint density at radius 2 is 1.56 bits per heavy atom. The van der Waals surface area contributed by atoms with Crippen molar-refractivity contribution in [2.24, 2.45) is 11.7 Å². The molecular weight excluding hydrogens is 422 g/mol. The van der Waals surface area contributed by atoms with E-state index in [0.29, 0.717) is 5.56 Å². The van der Waals surface area contributed by atoms with Gasteiger partial charge in [-0.05, 0) is 18.1 Å². The first kappa shape index (κ1) is 26.1. The van der Waals surface area contributed by atoms with Gasteiger partial charge in [-0.15, -0.1) is 0 Å². The van der Waals surface area contributed by atoms with Crippen LogP contribution in [0.4, 0.5) is 0 Å². The molecule has 32 heavy (non-hydrogen) atoms. The van der Waals surface area contributed by atoms with Gasteiger partial charge in [0.2, 0.25) is 11.8 Å². The Morgan fingerprint density at radius 1 is 1.00 bits per heavy atom. The second-order valence-corrected chi connectivity index (χ2v) is 7.28. The van der Waals surface area contributed by atoms with E-state index < -0.39 is 54.1 Å². The molecule has 0 spiro atoms. The molecule has 174 valence electrons. The Balaban J connectivity index is 2.64. The Labute approximate surface area is 184 Å². The van der Waals surface area contributed by atoms with Crippen LogP contribution in [0.3, 0.4) is 0 Å². The highest BCUT2D eigenvalue weighted by atomic mass is 16.4. The number of carboxylic acids is 2. The number of amides is 3. The van der Waals surface area contributed by atoms with Crippen LogP contribution in [0.2, 0.25) is 0 Å². The van der Waals surface area contributed by atoms with Crippen LogP contribution in [0.1, 0.15) is 42.6 Å². The predicted octanol–water partition coefficient (Wildman–Crippen LogP) is -0.725. The molecule has 3 amide bonds. The second kappa shape index (κ2) is 12.0. The summed E-state index contributed by atoms with van der Waals surface area (Å²) in [5.74, 6) is -5.36. The number of rotatable bonds is 12. The summed E-state index contributed by atoms with van der Waals surface area (Å²) in [6, 6.07) is 3.21. The van der Waals surface area contributed by atoms with Crippen LogP contribution in [0.25, 0.3) is 0 Å². The fourth-order valence-corrected chi connectivity index (χ4v) is 2.61. The van der Waals surface area contributed by atoms with Crippen LogP contribution >= 0.6 is 0 Å². The molecule has 0 saturated carbocycles. The van der Waals surface area contributed by atoms with Crippen molar-refractivity contribution in [3.63, 3.8) is 0 Å². The molecular formula is C20H27N5O7. The number of benzene rings is 1. The van der Waals surface area contributed by atoms with E-state index >= 15 is 0 Å². The molecule has 0 saturated heterocycles. The highest BCUT2D eigenvalue weighted by Crippen LogP contribution is 2.05. The molecule has 12 nitrogen and oxygen atoms in total. The Morgan fingerprint density at radius 3 is 2.03 bits per heavy atom. The minimum atomic E-state index is -1.48. The van der Waals surface area contributed by atoms with Crippen molar-refractivity contribution >= 4 is 35.5 Å². The van der Waals surface area contributed by atoms with Crippen LogP contribution in [-0.2, 0) is 19.2 Å². The zero-order valence-electron chi connectivity index (χ0n) is 17.7. The molecule has 8 N–H and O–H groups in total. The van der Waals surface area contributed by atoms with E-state index in [1.807, 2.05) is 0 Å². The summed E-state index contributed by atoms with van der Waals surface area (Å²) in [6.45, 7) is 3.05. The number of amidine groups is 1. The van der Waals surface area contributed by atoms with Crippen LogP contribution in [-0.4, -0.2) is 64.3 Å². The number of hydrogen-bond donors (Lipinski definition) is 7. The number of carbonyl (C=O) groups excluding carboxylic acids is 3. The lowest BCUT2D eigenvalue weighted by Gasteiger charge is -2.22. The van der Waals surface area contributed by atoms with Crippen molar-refractivity contribution in [2.75, 3.05) is 6.54 Å². The molecule has 1 aromatic carbocycles. The van der Waals surface area contributed by atoms with Gasteiger partial charge < -0.3 is 31.9 Å². The maximum Gasteiger partial charge on any atom is 0.326 e. The number of hydrogen-bond acceptors (Lipinski definition) is 6. The van der Waals surface area contributed by atoms with Crippen molar-refractivity contribution in [1.82, 2.24) is 16.0 Å². The van der Waals surface area contributed by atoms with E-state index in [2.05, 4.69) is 16.0 Å². The molecule has 0 aliphatic heterocycles. The summed E-state index contributed by atoms with van der Waals surface area (Å²) in [5.41, 5.74) is 6.08. The molecule has 0 unspecified atom stereocenters. The maximum atomic E-state index is 12.3. The van der Waals surface area contributed by atoms with Gasteiger partial charge in [0.25, 0.3) is 5.91 Å². The van der Waals surface area contributed by atoms with Gasteiger partial charge in [-0.3, -0.25) is 24.6 Å². The van der Waals surface area contributed by atoms with Gasteiger partial charge in [0.05, 0.1) is 6.42 Å². The summed E-state index contributed by atoms with van der Waals surface area (Å²) in [6.07, 6.45) is -0.982. The topological polar surface area (TPSA) is 212 Å². The zero-order chi connectivity index (χ0) is 24.4. The lowest BCUT2D eigenvalue weighted by atomic mass is 10.0. The fraction of sp³-hybridized carbons (Fsp3) is 0.400. The van der Waals surface area contributed by atoms with Gasteiger partial charge in [0.1, 0.15) is 17.9 Å². The van der Waals surface area contributed by atoms with Gasteiger partial charge in [-0.25, -0.2) is 4.79 Å². The Hall–Kier alpha value is -3.96. The molecule has 0 heterocycles. The number of carbonyl (C=O) groups is 5. The van der Waals surface area contributed by atoms with Crippen molar-refractivity contribution in [1.29, 1.82) is 5.41 Å². The Bertz CT molecular complexity index is 883. The number of nitrogens with one attached hydrogen (secondary N) is 4. The average Bonchev–Trinajstić information content (AvgIpc) is 2.70. The van der Waals surface area contributed by atoms with E-state index in [9.17, 15) is 24.0 Å². The van der Waals surface area contributed by atoms with Crippen molar-refractivity contribution < 1.29 is 34.2 Å². The molecule has 1 rings (SSSR count). The van der Waals surface area contributed by atoms with Crippen LogP contribution in [0, 0.1) is 11.3 Å². The molecule has 0 radical (unpaired) electrons. The van der Waals surface area contributed by atoms with Crippen molar-refractivity contribution in [3.8, 4) is 0 Å². The number of nitrogens with two attached hydrogens (primary N) is 1. The second-order valence-electron chi connectivity index (χ2n) is 7.28. The summed E-state index contributed by atoms with van der Waals surface area (Å²) >= 11 is 0. The van der Waals surface area contributed by atoms with Gasteiger partial charge >= 0.3 is 11.9 Å². The van der Waals surface area contributed by atoms with E-state index in [1.165, 1.54) is 24.3 Å². The smallest absolute Gasteiger partial charge is 0.326 e. The van der Waals surface area contributed by atoms with Crippen LogP contribution in [0.15, 0.2) is 24.3 Å². The molecule has 0 bridgehead atoms. The third-order valence-corrected chi connectivity index (χ3v) is 4.36. The first-order chi connectivity index (χ1) is 14.9. The third kappa shape index (κ3) is 8.42. The molecule has 0 aromatic heterocycles. The summed E-state index contributed by atoms with van der Waals surface area (Å²) in [5, 5.41) is 32.5. The number of nitrogen functional groups attached to an aromatic ring is 1. The monoisotopic (exact) mass is 449 g/mol. The standard InChI is InChI=1S/C20H27N5O7/c1-10(2)16(20(31)32)25-19(30)13(9-15(27)28)24-14(26)7-8-23-18(29)12-5-3-11(4-6-12)17(21)22/h3-6,10,13,16H,7-9H2,1-2H3,(H3,21,22)(H,23,29)(H,24,26)(H,25,30)(H,27,28)(H,31,32)/t13-,16-/m0/s1. The van der Waals surface area contributed by atoms with Crippen LogP contribution < -0.4 is 21.7 Å². The first-order valence-corrected chi connectivity index (χ1v) is 9.69. The third-order valence-electron chi connectivity index (χ3n) is 4.36. The molecule has 12 heteroatoms. The van der Waals surface area contributed by atoms with Crippen molar-refractivity contribution in [3.05, 3.63) is 35.4 Å². The molecule has 0 aliphatic carbocycles. The molecule has 1 aromatic rings. The van der Waals surface area contributed by atoms with Gasteiger partial charge in [-0.2, -0.15) is 0 Å². The van der Waals surface area contributed by atoms with E-state index in [1.54, 1.807) is 13.8 Å². The lowest BCUT2D eigenvalue weighted by molar-refractivity contribution is -0.144. The van der Waals surface area contributed by atoms with Gasteiger partial charge in [0.15, 0.2) is 0 Å². The zero-order valence-corrected chi connectivity index (χ0v) is 17.7. The first-order valence-electron chi connectivity index (χ1n) is 9.69. The summed E-state index contributed by atoms with van der Waals surface area (Å²) < 4.78 is 0. The van der Waals surface area contributed by atoms with E-state index in [0.717, 1.165) is 0 Å². The SMILES string of the molecule is CC(C)[C@H](NC(=O)[C@H](CC(=O)O)NC(=O)CCNC(=O)c1ccc(C(=N)N)cc1)C(=O)O. The number of carboxylic acid groups (broad SMARTS) is 2. The maximum absolute atomic E-state index is 12.3. The summed E-state index contributed by atoms with van der Waals surface area (Å²) in [4.78, 5) is 58.9. The lowest BCUT2D eigenvalue weighted by Crippen LogP contribution is -2.53. The minimum absolute atomic E-state index is 0.0930. The minimum Gasteiger partial charge on any atom is -0.481 e. The summed E-state index contributed by atoms with van der Waals surface area (Å²) in [7, 11) is 0. The number of aliphatic carboxylic acids is 2. The highest BCUT2D eigenvalue weighted by Gasteiger charge is 2.29. The molecule has 0 fully saturated rings. The van der Waals surface area contributed by atoms with Gasteiger partial charge in [-0.1, -0.05) is 26.0 Å². The quantitative estimate of drug-likeness (QED) is 0.159. The van der Waals surface area contributed by atoms with E-state index in [4.69, 9.17) is 21.4 Å². The normalized spacial score (nSPS) is 12.3. The van der Waals surface area contributed by atoms with Gasteiger partial charge in [0, 0.05) is 24.1 Å². The molecule has 0 aliphatic rings. The Kier molecular flexibility index (Phi) is 9.80. The van der Waals surface area contributed by atoms with E-state index in [-0.39, 0.29) is 24.4 Å². The fourth-order valence-electron chi connectivity index (χ4n) is 2.61. The van der Waals surface area contributed by atoms with Crippen molar-refractivity contribution in [2.45, 2.75) is 38.8 Å². The predicted molar refractivity (Wildman–Crippen MR) is 113 cm³/mol.